The van der Waals surface area contributed by atoms with E-state index in [1.54, 1.807) is 12.4 Å². The number of pyridine rings is 1. The van der Waals surface area contributed by atoms with Crippen LogP contribution in [0.5, 0.6) is 0 Å². The fourth-order valence-corrected chi connectivity index (χ4v) is 5.95. The second kappa shape index (κ2) is 6.41. The van der Waals surface area contributed by atoms with Gasteiger partial charge in [-0.2, -0.15) is 0 Å². The quantitative estimate of drug-likeness (QED) is 0.721. The van der Waals surface area contributed by atoms with Crippen molar-refractivity contribution in [1.29, 1.82) is 0 Å². The Morgan fingerprint density at radius 3 is 2.83 bits per heavy atom. The van der Waals surface area contributed by atoms with Crippen molar-refractivity contribution in [1.82, 2.24) is 14.5 Å². The van der Waals surface area contributed by atoms with E-state index in [1.807, 2.05) is 19.1 Å². The lowest BCUT2D eigenvalue weighted by atomic mass is 9.83. The molecule has 0 spiro atoms. The van der Waals surface area contributed by atoms with Gasteiger partial charge < -0.3 is 9.67 Å². The topological polar surface area (TPSA) is 41.3 Å². The molecule has 2 atom stereocenters. The summed E-state index contributed by atoms with van der Waals surface area (Å²) in [6, 6.07) is 8.52. The molecule has 4 heterocycles. The first-order valence-corrected chi connectivity index (χ1v) is 10.8. The third-order valence-electron chi connectivity index (χ3n) is 7.29. The molecule has 1 aromatic carbocycles. The van der Waals surface area contributed by atoms with E-state index in [1.165, 1.54) is 52.7 Å². The average Bonchev–Trinajstić information content (AvgIpc) is 3.21. The van der Waals surface area contributed by atoms with E-state index < -0.39 is 5.60 Å². The van der Waals surface area contributed by atoms with Crippen LogP contribution in [0.4, 0.5) is 0 Å². The predicted octanol–water partition coefficient (Wildman–Crippen LogP) is 4.43. The molecule has 5 rings (SSSR count). The Morgan fingerprint density at radius 2 is 2.07 bits per heavy atom. The van der Waals surface area contributed by atoms with E-state index in [9.17, 15) is 5.11 Å². The second-order valence-electron chi connectivity index (χ2n) is 9.52. The van der Waals surface area contributed by atoms with Crippen molar-refractivity contribution < 1.29 is 5.11 Å². The summed E-state index contributed by atoms with van der Waals surface area (Å²) in [6.45, 7) is 11.6. The van der Waals surface area contributed by atoms with Crippen molar-refractivity contribution in [2.45, 2.75) is 64.6 Å². The zero-order chi connectivity index (χ0) is 20.4. The van der Waals surface area contributed by atoms with Gasteiger partial charge in [0.05, 0.1) is 12.1 Å². The molecule has 1 fully saturated rings. The summed E-state index contributed by atoms with van der Waals surface area (Å²) in [5.74, 6) is 0. The van der Waals surface area contributed by atoms with E-state index >= 15 is 0 Å². The number of aryl methyl sites for hydroxylation is 2. The Bertz CT molecular complexity index is 1080. The smallest absolute Gasteiger partial charge is 0.106 e. The number of fused-ring (bicyclic) bond motifs is 5. The van der Waals surface area contributed by atoms with Crippen LogP contribution in [0, 0.1) is 13.8 Å². The summed E-state index contributed by atoms with van der Waals surface area (Å²) in [4.78, 5) is 6.91. The summed E-state index contributed by atoms with van der Waals surface area (Å²) in [7, 11) is 0. The van der Waals surface area contributed by atoms with Crippen molar-refractivity contribution in [3.63, 3.8) is 0 Å². The van der Waals surface area contributed by atoms with E-state index in [4.69, 9.17) is 0 Å². The maximum atomic E-state index is 11.4. The SMILES string of the molecule is Cc1cc(C)c2c(c1)c1c(n2CC(C)(O)c2cccnc2)CCN2CCCC12C. The number of rotatable bonds is 3. The standard InChI is InChI=1S/C25H31N3O/c1-17-13-18(2)23-20(14-17)22-21(8-12-27-11-6-9-24(22,27)3)28(23)16-25(4,29)19-7-5-10-26-15-19/h5,7,10,13-15,29H,6,8-9,11-12,16H2,1-4H3. The normalized spacial score (nSPS) is 23.8. The number of nitrogens with zero attached hydrogens (tertiary/aromatic N) is 3. The molecule has 1 N–H and O–H groups in total. The molecular weight excluding hydrogens is 358 g/mol. The van der Waals surface area contributed by atoms with Crippen LogP contribution in [0.15, 0.2) is 36.7 Å². The van der Waals surface area contributed by atoms with Crippen LogP contribution in [0.25, 0.3) is 10.9 Å². The maximum Gasteiger partial charge on any atom is 0.106 e. The zero-order valence-corrected chi connectivity index (χ0v) is 18.0. The van der Waals surface area contributed by atoms with Crippen molar-refractivity contribution >= 4 is 10.9 Å². The van der Waals surface area contributed by atoms with E-state index in [2.05, 4.69) is 47.4 Å². The van der Waals surface area contributed by atoms with Gasteiger partial charge in [0.1, 0.15) is 5.60 Å². The molecule has 0 radical (unpaired) electrons. The van der Waals surface area contributed by atoms with Crippen LogP contribution in [-0.2, 0) is 24.1 Å². The Balaban J connectivity index is 1.75. The van der Waals surface area contributed by atoms with Gasteiger partial charge in [0.25, 0.3) is 0 Å². The summed E-state index contributed by atoms with van der Waals surface area (Å²) >= 11 is 0. The first-order chi connectivity index (χ1) is 13.8. The molecule has 152 valence electrons. The van der Waals surface area contributed by atoms with E-state index in [-0.39, 0.29) is 5.54 Å². The molecule has 1 saturated heterocycles. The second-order valence-corrected chi connectivity index (χ2v) is 9.52. The largest absolute Gasteiger partial charge is 0.384 e. The first-order valence-electron chi connectivity index (χ1n) is 10.8. The van der Waals surface area contributed by atoms with Gasteiger partial charge in [-0.05, 0) is 64.8 Å². The minimum absolute atomic E-state index is 0.109. The van der Waals surface area contributed by atoms with Gasteiger partial charge in [0.15, 0.2) is 0 Å². The highest BCUT2D eigenvalue weighted by atomic mass is 16.3. The van der Waals surface area contributed by atoms with Gasteiger partial charge in [-0.15, -0.1) is 0 Å². The van der Waals surface area contributed by atoms with Gasteiger partial charge in [-0.25, -0.2) is 0 Å². The molecule has 0 aliphatic carbocycles. The first kappa shape index (κ1) is 18.8. The lowest BCUT2D eigenvalue weighted by Crippen LogP contribution is -2.44. The molecule has 2 aliphatic heterocycles. The van der Waals surface area contributed by atoms with Crippen molar-refractivity contribution in [2.24, 2.45) is 0 Å². The Labute approximate surface area is 173 Å². The third kappa shape index (κ3) is 2.77. The lowest BCUT2D eigenvalue weighted by molar-refractivity contribution is 0.0374. The Hall–Kier alpha value is -2.17. The van der Waals surface area contributed by atoms with E-state index in [0.29, 0.717) is 6.54 Å². The van der Waals surface area contributed by atoms with Crippen LogP contribution in [0.1, 0.15) is 54.6 Å². The molecule has 4 heteroatoms. The molecule has 29 heavy (non-hydrogen) atoms. The Morgan fingerprint density at radius 1 is 1.24 bits per heavy atom. The van der Waals surface area contributed by atoms with Crippen molar-refractivity contribution in [2.75, 3.05) is 13.1 Å². The van der Waals surface area contributed by atoms with Crippen LogP contribution in [0.2, 0.25) is 0 Å². The number of aliphatic hydroxyl groups is 1. The van der Waals surface area contributed by atoms with Crippen LogP contribution in [-0.4, -0.2) is 32.6 Å². The van der Waals surface area contributed by atoms with Gasteiger partial charge in [0.2, 0.25) is 0 Å². The molecule has 2 unspecified atom stereocenters. The lowest BCUT2D eigenvalue weighted by Gasteiger charge is -2.41. The van der Waals surface area contributed by atoms with Crippen LogP contribution >= 0.6 is 0 Å². The highest BCUT2D eigenvalue weighted by molar-refractivity contribution is 5.90. The maximum absolute atomic E-state index is 11.4. The molecule has 0 amide bonds. The monoisotopic (exact) mass is 389 g/mol. The predicted molar refractivity (Wildman–Crippen MR) is 117 cm³/mol. The Kier molecular flexibility index (Phi) is 4.17. The fraction of sp³-hybridized carbons (Fsp3) is 0.480. The third-order valence-corrected chi connectivity index (χ3v) is 7.29. The van der Waals surface area contributed by atoms with Crippen molar-refractivity contribution in [3.05, 3.63) is 64.6 Å². The van der Waals surface area contributed by atoms with Gasteiger partial charge in [-0.1, -0.05) is 17.7 Å². The zero-order valence-electron chi connectivity index (χ0n) is 18.0. The molecule has 2 aliphatic rings. The van der Waals surface area contributed by atoms with Crippen LogP contribution in [0.3, 0.4) is 0 Å². The van der Waals surface area contributed by atoms with Gasteiger partial charge in [0, 0.05) is 53.1 Å². The number of aromatic nitrogens is 2. The number of benzene rings is 1. The summed E-state index contributed by atoms with van der Waals surface area (Å²) in [5, 5.41) is 12.8. The molecule has 2 aromatic heterocycles. The van der Waals surface area contributed by atoms with Gasteiger partial charge >= 0.3 is 0 Å². The summed E-state index contributed by atoms with van der Waals surface area (Å²) in [5.41, 5.74) is 6.82. The number of hydrogen-bond acceptors (Lipinski definition) is 3. The van der Waals surface area contributed by atoms with Crippen molar-refractivity contribution in [3.8, 4) is 0 Å². The molecule has 0 saturated carbocycles. The van der Waals surface area contributed by atoms with Gasteiger partial charge in [-0.3, -0.25) is 9.88 Å². The molecule has 4 nitrogen and oxygen atoms in total. The molecular formula is C25H31N3O. The average molecular weight is 390 g/mol. The molecule has 0 bridgehead atoms. The highest BCUT2D eigenvalue weighted by Crippen LogP contribution is 2.48. The number of hydrogen-bond donors (Lipinski definition) is 1. The fourth-order valence-electron chi connectivity index (χ4n) is 5.95. The molecule has 3 aromatic rings. The minimum atomic E-state index is -0.973. The summed E-state index contributed by atoms with van der Waals surface area (Å²) < 4.78 is 2.42. The highest BCUT2D eigenvalue weighted by Gasteiger charge is 2.45. The van der Waals surface area contributed by atoms with E-state index in [0.717, 1.165) is 18.5 Å². The minimum Gasteiger partial charge on any atom is -0.384 e. The summed E-state index contributed by atoms with van der Waals surface area (Å²) in [6.07, 6.45) is 7.07. The van der Waals surface area contributed by atoms with Crippen LogP contribution < -0.4 is 0 Å².